The number of amides is 3. The minimum absolute atomic E-state index is 0.179. The molecule has 1 saturated heterocycles. The summed E-state index contributed by atoms with van der Waals surface area (Å²) in [6.45, 7) is 7.40. The Balaban J connectivity index is 1.28. The van der Waals surface area contributed by atoms with E-state index in [0.29, 0.717) is 12.5 Å². The fraction of sp³-hybridized carbons (Fsp3) is 0.636. The van der Waals surface area contributed by atoms with Gasteiger partial charge in [0, 0.05) is 38.8 Å². The number of ether oxygens (including phenoxy) is 1. The molecule has 2 fully saturated rings. The average molecular weight is 403 g/mol. The molecule has 0 bridgehead atoms. The molecule has 2 unspecified atom stereocenters. The van der Waals surface area contributed by atoms with E-state index in [1.54, 1.807) is 0 Å². The number of urea groups is 1. The lowest BCUT2D eigenvalue weighted by Crippen LogP contribution is -2.53. The molecular formula is C22H34N4O3. The Bertz CT molecular complexity index is 647. The molecule has 1 aliphatic heterocycles. The number of carbonyl (C=O) groups excluding carboxylic acids is 2. The smallest absolute Gasteiger partial charge is 0.321 e. The molecule has 2 N–H and O–H groups in total. The first-order chi connectivity index (χ1) is 14.1. The molecule has 1 aromatic rings. The van der Waals surface area contributed by atoms with Crippen molar-refractivity contribution in [2.75, 3.05) is 45.9 Å². The molecular weight excluding hydrogens is 368 g/mol. The highest BCUT2D eigenvalue weighted by atomic mass is 16.5. The maximum Gasteiger partial charge on any atom is 0.321 e. The Morgan fingerprint density at radius 3 is 2.45 bits per heavy atom. The topological polar surface area (TPSA) is 73.9 Å². The van der Waals surface area contributed by atoms with Gasteiger partial charge in [0.15, 0.2) is 0 Å². The van der Waals surface area contributed by atoms with Crippen molar-refractivity contribution in [2.45, 2.75) is 38.6 Å². The summed E-state index contributed by atoms with van der Waals surface area (Å²) in [6.07, 6.45) is 4.51. The number of imide groups is 1. The number of nitrogens with zero attached hydrogens (tertiary/aromatic N) is 2. The van der Waals surface area contributed by atoms with E-state index in [0.717, 1.165) is 57.7 Å². The maximum absolute atomic E-state index is 12.2. The fourth-order valence-electron chi connectivity index (χ4n) is 4.08. The number of piperazine rings is 1. The van der Waals surface area contributed by atoms with E-state index < -0.39 is 0 Å². The van der Waals surface area contributed by atoms with Crippen molar-refractivity contribution >= 4 is 11.9 Å². The van der Waals surface area contributed by atoms with Crippen LogP contribution in [0.15, 0.2) is 30.3 Å². The van der Waals surface area contributed by atoms with Crippen molar-refractivity contribution in [2.24, 2.45) is 5.92 Å². The highest BCUT2D eigenvalue weighted by Crippen LogP contribution is 2.23. The van der Waals surface area contributed by atoms with Crippen LogP contribution in [-0.4, -0.2) is 73.7 Å². The summed E-state index contributed by atoms with van der Waals surface area (Å²) < 4.78 is 5.75. The quantitative estimate of drug-likeness (QED) is 0.731. The summed E-state index contributed by atoms with van der Waals surface area (Å²) in [7, 11) is 0. The number of benzene rings is 1. The Hall–Kier alpha value is -2.12. The van der Waals surface area contributed by atoms with E-state index >= 15 is 0 Å². The Labute approximate surface area is 173 Å². The van der Waals surface area contributed by atoms with E-state index in [2.05, 4.69) is 27.4 Å². The van der Waals surface area contributed by atoms with Crippen molar-refractivity contribution in [3.05, 3.63) is 30.3 Å². The predicted octanol–water partition coefficient (Wildman–Crippen LogP) is 2.09. The van der Waals surface area contributed by atoms with Gasteiger partial charge in [-0.1, -0.05) is 38.0 Å². The molecule has 1 aliphatic carbocycles. The van der Waals surface area contributed by atoms with Crippen LogP contribution in [0.2, 0.25) is 0 Å². The molecule has 3 amide bonds. The third-order valence-corrected chi connectivity index (χ3v) is 5.93. The van der Waals surface area contributed by atoms with Gasteiger partial charge in [-0.2, -0.15) is 0 Å². The van der Waals surface area contributed by atoms with Crippen molar-refractivity contribution in [3.63, 3.8) is 0 Å². The first-order valence-corrected chi connectivity index (χ1v) is 10.8. The summed E-state index contributed by atoms with van der Waals surface area (Å²) in [5.41, 5.74) is 0. The van der Waals surface area contributed by atoms with Gasteiger partial charge in [-0.25, -0.2) is 4.79 Å². The maximum atomic E-state index is 12.2. The SMILES string of the molecule is CC1CCCCC1NC(=O)NC(=O)CN1CCN(CCOc2ccccc2)CC1. The van der Waals surface area contributed by atoms with Crippen LogP contribution < -0.4 is 15.4 Å². The van der Waals surface area contributed by atoms with Crippen molar-refractivity contribution in [1.29, 1.82) is 0 Å². The van der Waals surface area contributed by atoms with E-state index in [1.807, 2.05) is 30.3 Å². The number of hydrogen-bond acceptors (Lipinski definition) is 5. The Morgan fingerprint density at radius 1 is 1.03 bits per heavy atom. The van der Waals surface area contributed by atoms with Crippen molar-refractivity contribution in [3.8, 4) is 5.75 Å². The Kier molecular flexibility index (Phi) is 8.31. The summed E-state index contributed by atoms with van der Waals surface area (Å²) in [5.74, 6) is 1.14. The van der Waals surface area contributed by atoms with Crippen LogP contribution >= 0.6 is 0 Å². The molecule has 1 aromatic carbocycles. The minimum Gasteiger partial charge on any atom is -0.492 e. The second kappa shape index (κ2) is 11.2. The zero-order valence-electron chi connectivity index (χ0n) is 17.4. The van der Waals surface area contributed by atoms with Crippen LogP contribution in [0, 0.1) is 5.92 Å². The van der Waals surface area contributed by atoms with Crippen LogP contribution in [0.4, 0.5) is 4.79 Å². The predicted molar refractivity (Wildman–Crippen MR) is 113 cm³/mol. The van der Waals surface area contributed by atoms with Crippen molar-refractivity contribution < 1.29 is 14.3 Å². The van der Waals surface area contributed by atoms with Gasteiger partial charge in [-0.3, -0.25) is 19.9 Å². The molecule has 1 saturated carbocycles. The zero-order valence-corrected chi connectivity index (χ0v) is 17.4. The van der Waals surface area contributed by atoms with Gasteiger partial charge in [-0.05, 0) is 30.9 Å². The largest absolute Gasteiger partial charge is 0.492 e. The average Bonchev–Trinajstić information content (AvgIpc) is 2.72. The molecule has 2 aliphatic rings. The van der Waals surface area contributed by atoms with Crippen molar-refractivity contribution in [1.82, 2.24) is 20.4 Å². The first-order valence-electron chi connectivity index (χ1n) is 10.8. The minimum atomic E-state index is -0.356. The number of nitrogens with one attached hydrogen (secondary N) is 2. The summed E-state index contributed by atoms with van der Waals surface area (Å²) >= 11 is 0. The van der Waals surface area contributed by atoms with Crippen LogP contribution in [0.5, 0.6) is 5.75 Å². The van der Waals surface area contributed by atoms with Gasteiger partial charge in [0.05, 0.1) is 6.54 Å². The number of rotatable bonds is 7. The molecule has 3 rings (SSSR count). The van der Waals surface area contributed by atoms with E-state index in [9.17, 15) is 9.59 Å². The summed E-state index contributed by atoms with van der Waals surface area (Å²) in [6, 6.07) is 9.65. The third-order valence-electron chi connectivity index (χ3n) is 5.93. The molecule has 7 heteroatoms. The van der Waals surface area contributed by atoms with Gasteiger partial charge in [0.1, 0.15) is 12.4 Å². The molecule has 0 aromatic heterocycles. The number of carbonyl (C=O) groups is 2. The molecule has 29 heavy (non-hydrogen) atoms. The normalized spacial score (nSPS) is 23.3. The van der Waals surface area contributed by atoms with Crippen LogP contribution in [0.3, 0.4) is 0 Å². The second-order valence-electron chi connectivity index (χ2n) is 8.17. The fourth-order valence-corrected chi connectivity index (χ4v) is 4.08. The highest BCUT2D eigenvalue weighted by molar-refractivity contribution is 5.95. The molecule has 0 radical (unpaired) electrons. The van der Waals surface area contributed by atoms with E-state index in [4.69, 9.17) is 4.74 Å². The molecule has 2 atom stereocenters. The first kappa shape index (κ1) is 21.6. The van der Waals surface area contributed by atoms with Gasteiger partial charge >= 0.3 is 6.03 Å². The van der Waals surface area contributed by atoms with Gasteiger partial charge < -0.3 is 10.1 Å². The van der Waals surface area contributed by atoms with E-state index in [-0.39, 0.29) is 24.5 Å². The lowest BCUT2D eigenvalue weighted by Gasteiger charge is -2.34. The summed E-state index contributed by atoms with van der Waals surface area (Å²) in [5, 5.41) is 5.46. The van der Waals surface area contributed by atoms with Gasteiger partial charge in [0.25, 0.3) is 0 Å². The highest BCUT2D eigenvalue weighted by Gasteiger charge is 2.24. The van der Waals surface area contributed by atoms with Gasteiger partial charge in [0.2, 0.25) is 5.91 Å². The van der Waals surface area contributed by atoms with Crippen LogP contribution in [0.25, 0.3) is 0 Å². The Morgan fingerprint density at radius 2 is 1.72 bits per heavy atom. The standard InChI is InChI=1S/C22H34N4O3/c1-18-7-5-6-10-20(18)23-22(28)24-21(27)17-26-13-11-25(12-14-26)15-16-29-19-8-3-2-4-9-19/h2-4,8-9,18,20H,5-7,10-17H2,1H3,(H2,23,24,27,28). The van der Waals surface area contributed by atoms with Crippen LogP contribution in [-0.2, 0) is 4.79 Å². The third kappa shape index (κ3) is 7.33. The second-order valence-corrected chi connectivity index (χ2v) is 8.17. The lowest BCUT2D eigenvalue weighted by molar-refractivity contribution is -0.121. The number of para-hydroxylation sites is 1. The molecule has 7 nitrogen and oxygen atoms in total. The van der Waals surface area contributed by atoms with Gasteiger partial charge in [-0.15, -0.1) is 0 Å². The lowest BCUT2D eigenvalue weighted by atomic mass is 9.86. The number of hydrogen-bond donors (Lipinski definition) is 2. The molecule has 0 spiro atoms. The zero-order chi connectivity index (χ0) is 20.5. The summed E-state index contributed by atoms with van der Waals surface area (Å²) in [4.78, 5) is 28.8. The monoisotopic (exact) mass is 402 g/mol. The molecule has 160 valence electrons. The molecule has 1 heterocycles. The van der Waals surface area contributed by atoms with E-state index in [1.165, 1.54) is 6.42 Å². The van der Waals surface area contributed by atoms with Crippen LogP contribution in [0.1, 0.15) is 32.6 Å².